The number of rotatable bonds is 4. The number of aliphatic hydroxyl groups is 1. The SMILES string of the molecule is CC(C)(/C=C/Sc1ccccc1)CO. The molecule has 0 atom stereocenters. The first-order valence-electron chi connectivity index (χ1n) is 4.64. The highest BCUT2D eigenvalue weighted by atomic mass is 32.2. The van der Waals surface area contributed by atoms with E-state index < -0.39 is 0 Å². The molecule has 0 unspecified atom stereocenters. The molecule has 1 N–H and O–H groups in total. The van der Waals surface area contributed by atoms with Gasteiger partial charge in [-0.25, -0.2) is 0 Å². The van der Waals surface area contributed by atoms with Crippen LogP contribution in [0.25, 0.3) is 0 Å². The summed E-state index contributed by atoms with van der Waals surface area (Å²) >= 11 is 1.67. The fourth-order valence-electron chi connectivity index (χ4n) is 0.849. The van der Waals surface area contributed by atoms with E-state index >= 15 is 0 Å². The quantitative estimate of drug-likeness (QED) is 0.766. The van der Waals surface area contributed by atoms with E-state index in [2.05, 4.69) is 12.1 Å². The van der Waals surface area contributed by atoms with Gasteiger partial charge in [-0.05, 0) is 17.5 Å². The van der Waals surface area contributed by atoms with Gasteiger partial charge in [0.15, 0.2) is 0 Å². The molecule has 1 aromatic rings. The number of hydrogen-bond donors (Lipinski definition) is 1. The number of benzene rings is 1. The van der Waals surface area contributed by atoms with E-state index in [9.17, 15) is 0 Å². The van der Waals surface area contributed by atoms with E-state index in [-0.39, 0.29) is 12.0 Å². The van der Waals surface area contributed by atoms with Crippen molar-refractivity contribution in [2.75, 3.05) is 6.61 Å². The first-order chi connectivity index (χ1) is 6.64. The number of hydrogen-bond acceptors (Lipinski definition) is 2. The summed E-state index contributed by atoms with van der Waals surface area (Å²) in [7, 11) is 0. The van der Waals surface area contributed by atoms with Gasteiger partial charge in [-0.15, -0.1) is 0 Å². The zero-order valence-corrected chi connectivity index (χ0v) is 9.42. The Morgan fingerprint density at radius 1 is 1.29 bits per heavy atom. The Hall–Kier alpha value is -0.730. The zero-order valence-electron chi connectivity index (χ0n) is 8.60. The molecule has 0 aliphatic carbocycles. The summed E-state index contributed by atoms with van der Waals surface area (Å²) in [6.45, 7) is 4.20. The van der Waals surface area contributed by atoms with Crippen molar-refractivity contribution in [1.82, 2.24) is 0 Å². The molecule has 0 saturated carbocycles. The molecule has 76 valence electrons. The predicted octanol–water partition coefficient (Wildman–Crippen LogP) is 3.31. The summed E-state index contributed by atoms with van der Waals surface area (Å²) in [5.74, 6) is 0. The third-order valence-electron chi connectivity index (χ3n) is 1.87. The van der Waals surface area contributed by atoms with Crippen LogP contribution >= 0.6 is 11.8 Å². The van der Waals surface area contributed by atoms with Crippen LogP contribution in [-0.2, 0) is 0 Å². The van der Waals surface area contributed by atoms with E-state index in [1.165, 1.54) is 4.90 Å². The summed E-state index contributed by atoms with van der Waals surface area (Å²) in [6.07, 6.45) is 2.03. The topological polar surface area (TPSA) is 20.2 Å². The van der Waals surface area contributed by atoms with Gasteiger partial charge >= 0.3 is 0 Å². The average Bonchev–Trinajstić information content (AvgIpc) is 2.19. The normalized spacial score (nSPS) is 12.2. The van der Waals surface area contributed by atoms with Crippen LogP contribution in [0.15, 0.2) is 46.7 Å². The van der Waals surface area contributed by atoms with Gasteiger partial charge in [-0.2, -0.15) is 0 Å². The summed E-state index contributed by atoms with van der Waals surface area (Å²) in [4.78, 5) is 1.22. The summed E-state index contributed by atoms with van der Waals surface area (Å²) in [5, 5.41) is 11.1. The Bertz CT molecular complexity index is 290. The van der Waals surface area contributed by atoms with Gasteiger partial charge < -0.3 is 5.11 Å². The van der Waals surface area contributed by atoms with Gasteiger partial charge in [0, 0.05) is 10.3 Å². The lowest BCUT2D eigenvalue weighted by Crippen LogP contribution is -2.12. The van der Waals surface area contributed by atoms with E-state index in [1.807, 2.05) is 43.5 Å². The average molecular weight is 208 g/mol. The second-order valence-corrected chi connectivity index (χ2v) is 4.86. The van der Waals surface area contributed by atoms with Gasteiger partial charge in [-0.1, -0.05) is 49.9 Å². The predicted molar refractivity (Wildman–Crippen MR) is 62.3 cm³/mol. The summed E-state index contributed by atoms with van der Waals surface area (Å²) < 4.78 is 0. The van der Waals surface area contributed by atoms with Crippen molar-refractivity contribution in [1.29, 1.82) is 0 Å². The molecule has 0 amide bonds. The molecule has 0 bridgehead atoms. The standard InChI is InChI=1S/C12H16OS/c1-12(2,10-13)8-9-14-11-6-4-3-5-7-11/h3-9,13H,10H2,1-2H3/b9-8+. The van der Waals surface area contributed by atoms with Gasteiger partial charge in [0.05, 0.1) is 6.61 Å². The second kappa shape index (κ2) is 5.23. The fourth-order valence-corrected chi connectivity index (χ4v) is 1.76. The maximum absolute atomic E-state index is 9.03. The van der Waals surface area contributed by atoms with Crippen LogP contribution in [-0.4, -0.2) is 11.7 Å². The van der Waals surface area contributed by atoms with Crippen LogP contribution in [0.5, 0.6) is 0 Å². The number of aliphatic hydroxyl groups excluding tert-OH is 1. The molecule has 14 heavy (non-hydrogen) atoms. The molecule has 1 aromatic carbocycles. The van der Waals surface area contributed by atoms with Crippen LogP contribution in [0.1, 0.15) is 13.8 Å². The minimum absolute atomic E-state index is 0.123. The molecular formula is C12H16OS. The highest BCUT2D eigenvalue weighted by Crippen LogP contribution is 2.22. The number of thioether (sulfide) groups is 1. The minimum Gasteiger partial charge on any atom is -0.395 e. The molecule has 0 aliphatic heterocycles. The molecule has 0 saturated heterocycles. The fraction of sp³-hybridized carbons (Fsp3) is 0.333. The molecule has 0 radical (unpaired) electrons. The maximum atomic E-state index is 9.03. The van der Waals surface area contributed by atoms with Crippen LogP contribution in [0.3, 0.4) is 0 Å². The Morgan fingerprint density at radius 2 is 1.93 bits per heavy atom. The van der Waals surface area contributed by atoms with Gasteiger partial charge in [0.2, 0.25) is 0 Å². The summed E-state index contributed by atoms with van der Waals surface area (Å²) in [6, 6.07) is 10.2. The Labute approximate surface area is 89.8 Å². The Morgan fingerprint density at radius 3 is 2.50 bits per heavy atom. The van der Waals surface area contributed by atoms with Crippen molar-refractivity contribution in [3.05, 3.63) is 41.8 Å². The molecular weight excluding hydrogens is 192 g/mol. The van der Waals surface area contributed by atoms with Crippen molar-refractivity contribution in [3.8, 4) is 0 Å². The molecule has 0 spiro atoms. The lowest BCUT2D eigenvalue weighted by Gasteiger charge is -2.15. The molecule has 0 fully saturated rings. The van der Waals surface area contributed by atoms with Gasteiger partial charge in [0.1, 0.15) is 0 Å². The molecule has 1 rings (SSSR count). The third kappa shape index (κ3) is 3.99. The van der Waals surface area contributed by atoms with Gasteiger partial charge in [-0.3, -0.25) is 0 Å². The molecule has 0 aliphatic rings. The largest absolute Gasteiger partial charge is 0.395 e. The summed E-state index contributed by atoms with van der Waals surface area (Å²) in [5.41, 5.74) is -0.123. The Balaban J connectivity index is 2.49. The van der Waals surface area contributed by atoms with Crippen LogP contribution in [0.2, 0.25) is 0 Å². The molecule has 2 heteroatoms. The van der Waals surface area contributed by atoms with Crippen LogP contribution in [0.4, 0.5) is 0 Å². The lowest BCUT2D eigenvalue weighted by molar-refractivity contribution is 0.200. The molecule has 0 aromatic heterocycles. The third-order valence-corrected chi connectivity index (χ3v) is 2.69. The van der Waals surface area contributed by atoms with E-state index in [4.69, 9.17) is 5.11 Å². The van der Waals surface area contributed by atoms with E-state index in [0.717, 1.165) is 0 Å². The lowest BCUT2D eigenvalue weighted by atomic mass is 9.96. The Kier molecular flexibility index (Phi) is 4.23. The monoisotopic (exact) mass is 208 g/mol. The van der Waals surface area contributed by atoms with E-state index in [1.54, 1.807) is 11.8 Å². The van der Waals surface area contributed by atoms with Crippen molar-refractivity contribution < 1.29 is 5.11 Å². The van der Waals surface area contributed by atoms with Crippen LogP contribution in [0, 0.1) is 5.41 Å². The van der Waals surface area contributed by atoms with Crippen molar-refractivity contribution in [3.63, 3.8) is 0 Å². The van der Waals surface area contributed by atoms with Crippen molar-refractivity contribution >= 4 is 11.8 Å². The maximum Gasteiger partial charge on any atom is 0.0516 e. The van der Waals surface area contributed by atoms with Crippen molar-refractivity contribution in [2.45, 2.75) is 18.7 Å². The minimum atomic E-state index is -0.123. The second-order valence-electron chi connectivity index (χ2n) is 3.88. The molecule has 0 heterocycles. The van der Waals surface area contributed by atoms with Crippen molar-refractivity contribution in [2.24, 2.45) is 5.41 Å². The van der Waals surface area contributed by atoms with Gasteiger partial charge in [0.25, 0.3) is 0 Å². The highest BCUT2D eigenvalue weighted by Gasteiger charge is 2.10. The van der Waals surface area contributed by atoms with Crippen LogP contribution < -0.4 is 0 Å². The first-order valence-corrected chi connectivity index (χ1v) is 5.52. The first kappa shape index (κ1) is 11.3. The molecule has 1 nitrogen and oxygen atoms in total. The highest BCUT2D eigenvalue weighted by molar-refractivity contribution is 8.02. The smallest absolute Gasteiger partial charge is 0.0516 e. The van der Waals surface area contributed by atoms with E-state index in [0.29, 0.717) is 0 Å². The zero-order chi connectivity index (χ0) is 10.4.